The second-order valence-electron chi connectivity index (χ2n) is 8.86. The standard InChI is InChI=1S/C30H29N3O4/c1-3-33(4-2)22-14-12-21(13-15-22)31-27(34)19-37-30(35)28-24-9-5-6-10-26(24)32-29-20(11-16-25(28)29)18-23-8-7-17-36-23/h5-10,12-15,17-18H,3-4,11,16,19H2,1-2H3,(H,31,34). The van der Waals surface area contributed by atoms with Gasteiger partial charge < -0.3 is 19.4 Å². The molecule has 7 nitrogen and oxygen atoms in total. The molecule has 0 saturated carbocycles. The van der Waals surface area contributed by atoms with Crippen LogP contribution in [0.1, 0.15) is 47.6 Å². The molecule has 0 radical (unpaired) electrons. The fourth-order valence-electron chi connectivity index (χ4n) is 4.80. The Labute approximate surface area is 215 Å². The van der Waals surface area contributed by atoms with Gasteiger partial charge in [0.05, 0.1) is 23.0 Å². The highest BCUT2D eigenvalue weighted by atomic mass is 16.5. The Morgan fingerprint density at radius 2 is 1.81 bits per heavy atom. The number of nitrogens with one attached hydrogen (secondary N) is 1. The van der Waals surface area contributed by atoms with Crippen LogP contribution in [0, 0.1) is 0 Å². The van der Waals surface area contributed by atoms with Crippen LogP contribution in [0.2, 0.25) is 0 Å². The number of furan rings is 1. The Bertz CT molecular complexity index is 1450. The number of hydrogen-bond acceptors (Lipinski definition) is 6. The molecule has 0 unspecified atom stereocenters. The number of aromatic nitrogens is 1. The third-order valence-electron chi connectivity index (χ3n) is 6.62. The first kappa shape index (κ1) is 24.3. The Balaban J connectivity index is 1.33. The predicted molar refractivity (Wildman–Crippen MR) is 146 cm³/mol. The van der Waals surface area contributed by atoms with Gasteiger partial charge in [0.15, 0.2) is 6.61 Å². The van der Waals surface area contributed by atoms with Crippen LogP contribution in [0.25, 0.3) is 22.6 Å². The van der Waals surface area contributed by atoms with Gasteiger partial charge in [0.2, 0.25) is 0 Å². The smallest absolute Gasteiger partial charge is 0.339 e. The third kappa shape index (κ3) is 5.11. The molecule has 5 rings (SSSR count). The van der Waals surface area contributed by atoms with Crippen LogP contribution in [-0.2, 0) is 16.0 Å². The zero-order valence-electron chi connectivity index (χ0n) is 21.0. The van der Waals surface area contributed by atoms with E-state index in [0.29, 0.717) is 23.2 Å². The molecule has 7 heteroatoms. The second-order valence-corrected chi connectivity index (χ2v) is 8.86. The van der Waals surface area contributed by atoms with Gasteiger partial charge in [0, 0.05) is 29.9 Å². The number of ether oxygens (including phenoxy) is 1. The van der Waals surface area contributed by atoms with Crippen molar-refractivity contribution >= 4 is 45.8 Å². The number of hydrogen-bond donors (Lipinski definition) is 1. The van der Waals surface area contributed by atoms with E-state index in [4.69, 9.17) is 14.1 Å². The summed E-state index contributed by atoms with van der Waals surface area (Å²) in [5, 5.41) is 3.53. The van der Waals surface area contributed by atoms with Gasteiger partial charge in [-0.05, 0) is 86.4 Å². The minimum absolute atomic E-state index is 0.378. The number of carbonyl (C=O) groups is 2. The lowest BCUT2D eigenvalue weighted by Crippen LogP contribution is -2.23. The van der Waals surface area contributed by atoms with Crippen molar-refractivity contribution in [2.75, 3.05) is 29.9 Å². The molecule has 2 aromatic heterocycles. The number of pyridine rings is 1. The van der Waals surface area contributed by atoms with E-state index in [1.807, 2.05) is 66.7 Å². The number of amides is 1. The molecule has 0 fully saturated rings. The molecule has 0 spiro atoms. The zero-order valence-corrected chi connectivity index (χ0v) is 21.0. The molecule has 188 valence electrons. The summed E-state index contributed by atoms with van der Waals surface area (Å²) in [6, 6.07) is 18.9. The average Bonchev–Trinajstić information content (AvgIpc) is 3.58. The van der Waals surface area contributed by atoms with E-state index < -0.39 is 11.9 Å². The average molecular weight is 496 g/mol. The molecular formula is C30H29N3O4. The van der Waals surface area contributed by atoms with Gasteiger partial charge in [-0.2, -0.15) is 0 Å². The Kier molecular flexibility index (Phi) is 7.03. The first-order chi connectivity index (χ1) is 18.1. The molecule has 0 atom stereocenters. The van der Waals surface area contributed by atoms with Crippen LogP contribution in [0.4, 0.5) is 11.4 Å². The number of benzene rings is 2. The molecule has 37 heavy (non-hydrogen) atoms. The lowest BCUT2D eigenvalue weighted by atomic mass is 10.0. The van der Waals surface area contributed by atoms with Crippen molar-refractivity contribution in [3.8, 4) is 0 Å². The lowest BCUT2D eigenvalue weighted by Gasteiger charge is -2.21. The Morgan fingerprint density at radius 3 is 2.54 bits per heavy atom. The summed E-state index contributed by atoms with van der Waals surface area (Å²) < 4.78 is 11.0. The van der Waals surface area contributed by atoms with E-state index in [1.165, 1.54) is 0 Å². The quantitative estimate of drug-likeness (QED) is 0.304. The number of para-hydroxylation sites is 1. The molecule has 2 aromatic carbocycles. The Morgan fingerprint density at radius 1 is 1.03 bits per heavy atom. The molecule has 1 N–H and O–H groups in total. The molecule has 1 aliphatic carbocycles. The molecule has 2 heterocycles. The summed E-state index contributed by atoms with van der Waals surface area (Å²) in [5.74, 6) is -0.179. The molecule has 1 aliphatic rings. The summed E-state index contributed by atoms with van der Waals surface area (Å²) in [6.07, 6.45) is 4.99. The maximum absolute atomic E-state index is 13.3. The van der Waals surface area contributed by atoms with E-state index in [0.717, 1.165) is 53.2 Å². The van der Waals surface area contributed by atoms with Crippen molar-refractivity contribution in [1.82, 2.24) is 4.98 Å². The molecule has 1 amide bonds. The monoisotopic (exact) mass is 495 g/mol. The van der Waals surface area contributed by atoms with Gasteiger partial charge in [-0.25, -0.2) is 9.78 Å². The maximum atomic E-state index is 13.3. The van der Waals surface area contributed by atoms with Gasteiger partial charge in [0.25, 0.3) is 5.91 Å². The van der Waals surface area contributed by atoms with Crippen LogP contribution in [0.3, 0.4) is 0 Å². The lowest BCUT2D eigenvalue weighted by molar-refractivity contribution is -0.119. The summed E-state index contributed by atoms with van der Waals surface area (Å²) in [6.45, 7) is 5.64. The van der Waals surface area contributed by atoms with Gasteiger partial charge in [-0.1, -0.05) is 18.2 Å². The normalized spacial score (nSPS) is 13.5. The van der Waals surface area contributed by atoms with E-state index >= 15 is 0 Å². The van der Waals surface area contributed by atoms with E-state index in [2.05, 4.69) is 24.1 Å². The van der Waals surface area contributed by atoms with Crippen LogP contribution in [0.5, 0.6) is 0 Å². The summed E-state index contributed by atoms with van der Waals surface area (Å²) in [4.78, 5) is 33.0. The number of anilines is 2. The summed E-state index contributed by atoms with van der Waals surface area (Å²) in [5.41, 5.74) is 5.55. The van der Waals surface area contributed by atoms with Gasteiger partial charge >= 0.3 is 5.97 Å². The summed E-state index contributed by atoms with van der Waals surface area (Å²) in [7, 11) is 0. The highest BCUT2D eigenvalue weighted by Crippen LogP contribution is 2.37. The first-order valence-electron chi connectivity index (χ1n) is 12.6. The van der Waals surface area contributed by atoms with Crippen LogP contribution < -0.4 is 10.2 Å². The SMILES string of the molecule is CCN(CC)c1ccc(NC(=O)COC(=O)c2c3c(nc4ccccc24)C(=Cc2ccco2)CC3)cc1. The highest BCUT2D eigenvalue weighted by molar-refractivity contribution is 6.08. The van der Waals surface area contributed by atoms with Crippen molar-refractivity contribution in [2.24, 2.45) is 0 Å². The number of nitrogens with zero attached hydrogens (tertiary/aromatic N) is 2. The zero-order chi connectivity index (χ0) is 25.8. The van der Waals surface area contributed by atoms with Gasteiger partial charge in [0.1, 0.15) is 5.76 Å². The second kappa shape index (κ2) is 10.7. The number of allylic oxidation sites excluding steroid dienone is 1. The Hall–Kier alpha value is -4.39. The molecule has 0 saturated heterocycles. The predicted octanol–water partition coefficient (Wildman–Crippen LogP) is 5.96. The van der Waals surface area contributed by atoms with Crippen molar-refractivity contribution in [3.63, 3.8) is 0 Å². The van der Waals surface area contributed by atoms with Crippen molar-refractivity contribution in [1.29, 1.82) is 0 Å². The van der Waals surface area contributed by atoms with Crippen molar-refractivity contribution < 1.29 is 18.7 Å². The molecule has 0 bridgehead atoms. The molecule has 0 aliphatic heterocycles. The van der Waals surface area contributed by atoms with Crippen molar-refractivity contribution in [3.05, 3.63) is 89.5 Å². The minimum atomic E-state index is -0.527. The van der Waals surface area contributed by atoms with Gasteiger partial charge in [-0.3, -0.25) is 4.79 Å². The first-order valence-corrected chi connectivity index (χ1v) is 12.6. The fraction of sp³-hybridized carbons (Fsp3) is 0.233. The van der Waals surface area contributed by atoms with E-state index in [9.17, 15) is 9.59 Å². The maximum Gasteiger partial charge on any atom is 0.339 e. The number of esters is 1. The minimum Gasteiger partial charge on any atom is -0.465 e. The van der Waals surface area contributed by atoms with E-state index in [-0.39, 0.29) is 6.61 Å². The van der Waals surface area contributed by atoms with Crippen LogP contribution in [-0.4, -0.2) is 36.6 Å². The van der Waals surface area contributed by atoms with Crippen LogP contribution in [0.15, 0.2) is 71.3 Å². The largest absolute Gasteiger partial charge is 0.465 e. The summed E-state index contributed by atoms with van der Waals surface area (Å²) >= 11 is 0. The van der Waals surface area contributed by atoms with Crippen LogP contribution >= 0.6 is 0 Å². The number of rotatable bonds is 8. The number of fused-ring (bicyclic) bond motifs is 2. The third-order valence-corrected chi connectivity index (χ3v) is 6.62. The van der Waals surface area contributed by atoms with Gasteiger partial charge in [-0.15, -0.1) is 0 Å². The highest BCUT2D eigenvalue weighted by Gasteiger charge is 2.28. The molecular weight excluding hydrogens is 466 g/mol. The number of carbonyl (C=O) groups excluding carboxylic acids is 2. The van der Waals surface area contributed by atoms with E-state index in [1.54, 1.807) is 6.26 Å². The topological polar surface area (TPSA) is 84.7 Å². The van der Waals surface area contributed by atoms with Crippen molar-refractivity contribution in [2.45, 2.75) is 26.7 Å². The fourth-order valence-corrected chi connectivity index (χ4v) is 4.80. The molecule has 4 aromatic rings.